The molecule has 4 N–H and O–H groups in total. The molecule has 1 aliphatic rings. The van der Waals surface area contributed by atoms with E-state index in [0.29, 0.717) is 23.2 Å². The largest absolute Gasteiger partial charge is 0.385 e. The number of rotatable bonds is 6. The van der Waals surface area contributed by atoms with Crippen LogP contribution < -0.4 is 15.4 Å². The van der Waals surface area contributed by atoms with Crippen molar-refractivity contribution >= 4 is 27.8 Å². The molecule has 0 aliphatic carbocycles. The Hall–Kier alpha value is -3.13. The lowest BCUT2D eigenvalue weighted by molar-refractivity contribution is 0.0946. The van der Waals surface area contributed by atoms with Crippen LogP contribution in [0.1, 0.15) is 35.8 Å². The quantitative estimate of drug-likeness (QED) is 0.503. The molecule has 4 rings (SSSR count). The second kappa shape index (κ2) is 8.48. The van der Waals surface area contributed by atoms with Crippen LogP contribution in [0.2, 0.25) is 0 Å². The van der Waals surface area contributed by atoms with Crippen LogP contribution in [-0.4, -0.2) is 26.1 Å². The zero-order valence-corrected chi connectivity index (χ0v) is 16.9. The van der Waals surface area contributed by atoms with Gasteiger partial charge in [-0.2, -0.15) is 0 Å². The minimum Gasteiger partial charge on any atom is -0.385 e. The number of nitrogens with zero attached hydrogens (tertiary/aromatic N) is 1. The van der Waals surface area contributed by atoms with E-state index in [-0.39, 0.29) is 5.91 Å². The highest BCUT2D eigenvalue weighted by Gasteiger charge is 2.13. The highest BCUT2D eigenvalue weighted by Crippen LogP contribution is 2.15. The molecular formula is C21H23N5O2S. The Kier molecular flexibility index (Phi) is 5.62. The van der Waals surface area contributed by atoms with E-state index in [1.54, 1.807) is 24.7 Å². The standard InChI is InChI=1S/C21H23N5O2S/c1-14-2-5-17(25-14)13-24-29(28)18-6-3-15(4-7-18)11-23-21(27)20-10-16-12-22-9-8-19(16)26-20/h3-4,6-10,12-14,24-26H,2,5,11H2,1H3,(H,23,27)/b17-13+. The fourth-order valence-electron chi connectivity index (χ4n) is 3.24. The van der Waals surface area contributed by atoms with Crippen molar-refractivity contribution in [3.05, 3.63) is 71.9 Å². The minimum atomic E-state index is -1.32. The molecule has 1 saturated heterocycles. The Morgan fingerprint density at radius 1 is 1.31 bits per heavy atom. The van der Waals surface area contributed by atoms with Gasteiger partial charge < -0.3 is 20.3 Å². The lowest BCUT2D eigenvalue weighted by Crippen LogP contribution is -2.23. The number of benzene rings is 1. The van der Waals surface area contributed by atoms with Gasteiger partial charge in [-0.3, -0.25) is 9.78 Å². The van der Waals surface area contributed by atoms with Gasteiger partial charge in [-0.1, -0.05) is 12.1 Å². The highest BCUT2D eigenvalue weighted by atomic mass is 32.2. The average Bonchev–Trinajstić information content (AvgIpc) is 3.36. The molecule has 29 heavy (non-hydrogen) atoms. The first-order valence-corrected chi connectivity index (χ1v) is 10.7. The van der Waals surface area contributed by atoms with Crippen molar-refractivity contribution in [2.75, 3.05) is 0 Å². The number of fused-ring (bicyclic) bond motifs is 1. The van der Waals surface area contributed by atoms with Crippen LogP contribution in [0.25, 0.3) is 10.9 Å². The van der Waals surface area contributed by atoms with Gasteiger partial charge in [0, 0.05) is 47.8 Å². The summed E-state index contributed by atoms with van der Waals surface area (Å²) < 4.78 is 15.3. The third-order valence-electron chi connectivity index (χ3n) is 4.87. The summed E-state index contributed by atoms with van der Waals surface area (Å²) >= 11 is 0. The van der Waals surface area contributed by atoms with Crippen molar-refractivity contribution in [2.24, 2.45) is 0 Å². The van der Waals surface area contributed by atoms with Crippen LogP contribution in [0.15, 0.2) is 65.6 Å². The summed E-state index contributed by atoms with van der Waals surface area (Å²) in [5, 5.41) is 7.13. The normalized spacial score (nSPS) is 18.5. The van der Waals surface area contributed by atoms with Crippen LogP contribution in [0.3, 0.4) is 0 Å². The van der Waals surface area contributed by atoms with Crippen molar-refractivity contribution in [1.29, 1.82) is 0 Å². The van der Waals surface area contributed by atoms with Gasteiger partial charge in [0.2, 0.25) is 0 Å². The van der Waals surface area contributed by atoms with Crippen LogP contribution in [0.5, 0.6) is 0 Å². The van der Waals surface area contributed by atoms with E-state index in [0.717, 1.165) is 35.0 Å². The van der Waals surface area contributed by atoms with Crippen molar-refractivity contribution in [3.63, 3.8) is 0 Å². The van der Waals surface area contributed by atoms with Gasteiger partial charge in [-0.05, 0) is 49.6 Å². The Labute approximate surface area is 171 Å². The first-order valence-electron chi connectivity index (χ1n) is 9.52. The van der Waals surface area contributed by atoms with Crippen molar-refractivity contribution in [1.82, 2.24) is 25.3 Å². The number of hydrogen-bond donors (Lipinski definition) is 4. The second-order valence-electron chi connectivity index (χ2n) is 7.11. The monoisotopic (exact) mass is 409 g/mol. The molecule has 150 valence electrons. The molecule has 3 aromatic rings. The summed E-state index contributed by atoms with van der Waals surface area (Å²) in [6.07, 6.45) is 7.26. The van der Waals surface area contributed by atoms with Crippen molar-refractivity contribution < 1.29 is 9.00 Å². The molecule has 2 atom stereocenters. The molecule has 2 unspecified atom stereocenters. The maximum absolute atomic E-state index is 12.4. The van der Waals surface area contributed by atoms with Crippen LogP contribution >= 0.6 is 0 Å². The molecule has 0 bridgehead atoms. The van der Waals surface area contributed by atoms with E-state index in [9.17, 15) is 9.00 Å². The molecule has 2 aromatic heterocycles. The highest BCUT2D eigenvalue weighted by molar-refractivity contribution is 7.83. The van der Waals surface area contributed by atoms with E-state index in [4.69, 9.17) is 0 Å². The lowest BCUT2D eigenvalue weighted by Gasteiger charge is -2.07. The van der Waals surface area contributed by atoms with E-state index in [2.05, 4.69) is 32.2 Å². The molecule has 7 nitrogen and oxygen atoms in total. The number of aromatic amines is 1. The van der Waals surface area contributed by atoms with E-state index in [1.807, 2.05) is 30.3 Å². The van der Waals surface area contributed by atoms with Crippen LogP contribution in [0, 0.1) is 0 Å². The van der Waals surface area contributed by atoms with Gasteiger partial charge in [0.15, 0.2) is 0 Å². The number of carbonyl (C=O) groups excluding carboxylic acids is 1. The van der Waals surface area contributed by atoms with Gasteiger partial charge in [0.1, 0.15) is 16.7 Å². The number of carbonyl (C=O) groups is 1. The molecule has 0 saturated carbocycles. The molecule has 8 heteroatoms. The van der Waals surface area contributed by atoms with E-state index in [1.165, 1.54) is 0 Å². The third kappa shape index (κ3) is 4.65. The van der Waals surface area contributed by atoms with Gasteiger partial charge in [-0.25, -0.2) is 4.21 Å². The van der Waals surface area contributed by atoms with Crippen molar-refractivity contribution in [3.8, 4) is 0 Å². The fourth-order valence-corrected chi connectivity index (χ4v) is 4.01. The molecule has 0 radical (unpaired) electrons. The Morgan fingerprint density at radius 3 is 2.86 bits per heavy atom. The number of hydrogen-bond acceptors (Lipinski definition) is 4. The summed E-state index contributed by atoms with van der Waals surface area (Å²) in [7, 11) is -1.32. The molecule has 0 spiro atoms. The summed E-state index contributed by atoms with van der Waals surface area (Å²) in [5.74, 6) is -0.180. The molecule has 1 amide bonds. The first-order chi connectivity index (χ1) is 14.1. The third-order valence-corrected chi connectivity index (χ3v) is 5.91. The number of H-pyrrole nitrogens is 1. The summed E-state index contributed by atoms with van der Waals surface area (Å²) in [5.41, 5.74) is 3.39. The Morgan fingerprint density at radius 2 is 2.14 bits per heavy atom. The maximum Gasteiger partial charge on any atom is 0.267 e. The lowest BCUT2D eigenvalue weighted by atomic mass is 10.2. The molecular weight excluding hydrogens is 386 g/mol. The van der Waals surface area contributed by atoms with Gasteiger partial charge in [0.25, 0.3) is 5.91 Å². The molecule has 1 aromatic carbocycles. The van der Waals surface area contributed by atoms with Crippen molar-refractivity contribution in [2.45, 2.75) is 37.2 Å². The zero-order chi connectivity index (χ0) is 20.2. The number of aromatic nitrogens is 2. The Balaban J connectivity index is 1.32. The zero-order valence-electron chi connectivity index (χ0n) is 16.1. The van der Waals surface area contributed by atoms with E-state index >= 15 is 0 Å². The first kappa shape index (κ1) is 19.2. The topological polar surface area (TPSA) is 98.9 Å². The number of nitrogens with one attached hydrogen (secondary N) is 4. The summed E-state index contributed by atoms with van der Waals surface area (Å²) in [6, 6.07) is 11.4. The number of allylic oxidation sites excluding steroid dienone is 1. The molecule has 1 fully saturated rings. The average molecular weight is 410 g/mol. The van der Waals surface area contributed by atoms with Gasteiger partial charge in [-0.15, -0.1) is 0 Å². The van der Waals surface area contributed by atoms with E-state index < -0.39 is 11.0 Å². The van der Waals surface area contributed by atoms with Crippen LogP contribution in [0.4, 0.5) is 0 Å². The summed E-state index contributed by atoms with van der Waals surface area (Å²) in [4.78, 5) is 20.2. The minimum absolute atomic E-state index is 0.180. The molecule has 1 aliphatic heterocycles. The predicted octanol–water partition coefficient (Wildman–Crippen LogP) is 2.72. The summed E-state index contributed by atoms with van der Waals surface area (Å²) in [6.45, 7) is 2.52. The van der Waals surface area contributed by atoms with Crippen LogP contribution in [-0.2, 0) is 17.5 Å². The SMILES string of the molecule is CC1CC/C(=C\NS(=O)c2ccc(CNC(=O)c3cc4cnccc4[nH]3)cc2)N1. The Bertz CT molecular complexity index is 1040. The molecule has 3 heterocycles. The predicted molar refractivity (Wildman–Crippen MR) is 113 cm³/mol. The smallest absolute Gasteiger partial charge is 0.267 e. The number of amides is 1. The number of pyridine rings is 1. The fraction of sp³-hybridized carbons (Fsp3) is 0.238. The second-order valence-corrected chi connectivity index (χ2v) is 8.36. The van der Waals surface area contributed by atoms with Gasteiger partial charge >= 0.3 is 0 Å². The maximum atomic E-state index is 12.4. The van der Waals surface area contributed by atoms with Gasteiger partial charge in [0.05, 0.1) is 4.90 Å².